The zero-order valence-electron chi connectivity index (χ0n) is 17.4. The molecule has 11 nitrogen and oxygen atoms in total. The molecule has 0 aromatic heterocycles. The number of nitrogens with one attached hydrogen (secondary N) is 1. The van der Waals surface area contributed by atoms with Gasteiger partial charge < -0.3 is 36.1 Å². The van der Waals surface area contributed by atoms with Crippen LogP contribution in [0.1, 0.15) is 11.1 Å². The standard InChI is InChI=1S/C23H17N4O7/c28-25(29)18-10-4-6-15(12-18)21-22(27(32)33)20(14-24-17-8-2-1-3-9-17)34-23(21)16-7-5-11-19(13-16)26(30)31/h1-14,24,28-29H/q-3. The molecule has 174 valence electrons. The average Bonchev–Trinajstić information content (AvgIpc) is 3.23. The molecule has 0 bridgehead atoms. The second-order valence-corrected chi connectivity index (χ2v) is 7.08. The fourth-order valence-electron chi connectivity index (χ4n) is 3.42. The predicted molar refractivity (Wildman–Crippen MR) is 126 cm³/mol. The molecule has 1 heterocycles. The maximum Gasteiger partial charge on any atom is 0.278 e. The van der Waals surface area contributed by atoms with Crippen LogP contribution < -0.4 is 15.8 Å². The van der Waals surface area contributed by atoms with Gasteiger partial charge in [0.05, 0.1) is 11.9 Å². The molecule has 0 unspecified atom stereocenters. The van der Waals surface area contributed by atoms with Crippen molar-refractivity contribution in [3.63, 3.8) is 0 Å². The molecule has 0 saturated carbocycles. The largest absolute Gasteiger partial charge is 0.769 e. The van der Waals surface area contributed by atoms with Crippen molar-refractivity contribution in [3.8, 4) is 0 Å². The summed E-state index contributed by atoms with van der Waals surface area (Å²) in [5, 5.41) is 67.9. The molecule has 0 fully saturated rings. The van der Waals surface area contributed by atoms with Crippen LogP contribution in [0.25, 0.3) is 11.3 Å². The van der Waals surface area contributed by atoms with Crippen LogP contribution in [-0.2, 0) is 4.74 Å². The number of ether oxygens (including phenoxy) is 1. The molecule has 1 aliphatic heterocycles. The maximum absolute atomic E-state index is 12.1. The number of rotatable bonds is 6. The van der Waals surface area contributed by atoms with Crippen LogP contribution in [0.15, 0.2) is 90.8 Å². The molecule has 0 radical (unpaired) electrons. The highest BCUT2D eigenvalue weighted by Gasteiger charge is 2.36. The average molecular weight is 461 g/mol. The zero-order chi connectivity index (χ0) is 24.2. The fraction of sp³-hybridized carbons (Fsp3) is 0. The third kappa shape index (κ3) is 4.62. The molecule has 0 amide bonds. The molecule has 1 aliphatic rings. The van der Waals surface area contributed by atoms with Crippen LogP contribution in [0.3, 0.4) is 0 Å². The van der Waals surface area contributed by atoms with Gasteiger partial charge in [0.2, 0.25) is 5.76 Å². The van der Waals surface area contributed by atoms with Gasteiger partial charge in [0, 0.05) is 16.9 Å². The van der Waals surface area contributed by atoms with Crippen LogP contribution in [0.4, 0.5) is 17.1 Å². The van der Waals surface area contributed by atoms with E-state index < -0.39 is 15.8 Å². The second-order valence-electron chi connectivity index (χ2n) is 7.08. The van der Waals surface area contributed by atoms with Crippen LogP contribution in [0, 0.1) is 20.8 Å². The molecule has 0 atom stereocenters. The Labute approximate surface area is 193 Å². The first kappa shape index (κ1) is 22.6. The van der Waals surface area contributed by atoms with Gasteiger partial charge in [-0.1, -0.05) is 42.5 Å². The summed E-state index contributed by atoms with van der Waals surface area (Å²) in [5.41, 5.74) is 0.487. The summed E-state index contributed by atoms with van der Waals surface area (Å²) in [5.74, 6) is -0.114. The lowest BCUT2D eigenvalue weighted by molar-refractivity contribution is -0.377. The van der Waals surface area contributed by atoms with Crippen molar-refractivity contribution < 1.29 is 20.1 Å². The van der Waals surface area contributed by atoms with Gasteiger partial charge in [-0.25, -0.2) is 0 Å². The van der Waals surface area contributed by atoms with Crippen molar-refractivity contribution in [1.82, 2.24) is 0 Å². The Hall–Kier alpha value is -4.55. The van der Waals surface area contributed by atoms with Gasteiger partial charge in [-0.15, -0.1) is 5.23 Å². The van der Waals surface area contributed by atoms with Gasteiger partial charge >= 0.3 is 0 Å². The van der Waals surface area contributed by atoms with Crippen molar-refractivity contribution in [2.75, 3.05) is 15.8 Å². The van der Waals surface area contributed by atoms with E-state index in [1.165, 1.54) is 54.7 Å². The third-order valence-corrected chi connectivity index (χ3v) is 4.92. The number of nitrogens with zero attached hydrogens (tertiary/aromatic N) is 3. The fourth-order valence-corrected chi connectivity index (χ4v) is 3.42. The number of benzene rings is 3. The quantitative estimate of drug-likeness (QED) is 0.354. The first-order valence-electron chi connectivity index (χ1n) is 9.84. The molecular formula is C23H17N4O7-3. The van der Waals surface area contributed by atoms with Crippen molar-refractivity contribution in [3.05, 3.63) is 123 Å². The normalized spacial score (nSPS) is 14.2. The first-order valence-corrected chi connectivity index (χ1v) is 9.84. The molecule has 3 aromatic carbocycles. The maximum atomic E-state index is 12.1. The molecular weight excluding hydrogens is 444 g/mol. The molecule has 4 rings (SSSR count). The number of para-hydroxylation sites is 1. The molecule has 0 spiro atoms. The Morgan fingerprint density at radius 3 is 2.12 bits per heavy atom. The van der Waals surface area contributed by atoms with E-state index in [4.69, 9.17) is 4.74 Å². The monoisotopic (exact) mass is 461 g/mol. The van der Waals surface area contributed by atoms with Gasteiger partial charge in [-0.05, 0) is 42.0 Å². The van der Waals surface area contributed by atoms with Crippen molar-refractivity contribution in [2.24, 2.45) is 0 Å². The van der Waals surface area contributed by atoms with E-state index in [0.717, 1.165) is 0 Å². The van der Waals surface area contributed by atoms with E-state index >= 15 is 0 Å². The zero-order valence-corrected chi connectivity index (χ0v) is 17.4. The highest BCUT2D eigenvalue weighted by Crippen LogP contribution is 2.40. The predicted octanol–water partition coefficient (Wildman–Crippen LogP) is 4.37. The highest BCUT2D eigenvalue weighted by molar-refractivity contribution is 6.36. The summed E-state index contributed by atoms with van der Waals surface area (Å²) in [7, 11) is 0. The Balaban J connectivity index is 1.89. The number of hydrogen-bond donors (Lipinski definition) is 3. The summed E-state index contributed by atoms with van der Waals surface area (Å²) in [4.78, 5) is -0.624. The topological polar surface area (TPSA) is 163 Å². The molecule has 0 saturated heterocycles. The number of allylic oxidation sites excluding steroid dienone is 1. The number of hydrogen-bond acceptors (Lipinski definition) is 10. The number of anilines is 3. The SMILES string of the molecule is [O-]N([O-])c1cccc(C2=C(c3cccc(N(O)O)c3)C(=[N+]([O-])[O-])C(=CNc3ccccc3)O2)c1. The van der Waals surface area contributed by atoms with Crippen LogP contribution >= 0.6 is 0 Å². The smallest absolute Gasteiger partial charge is 0.278 e. The van der Waals surface area contributed by atoms with E-state index in [9.17, 15) is 31.2 Å². The lowest BCUT2D eigenvalue weighted by atomic mass is 9.97. The summed E-state index contributed by atoms with van der Waals surface area (Å²) < 4.78 is 5.88. The second kappa shape index (κ2) is 9.52. The van der Waals surface area contributed by atoms with Gasteiger partial charge in [0.15, 0.2) is 0 Å². The van der Waals surface area contributed by atoms with Gasteiger partial charge in [-0.2, -0.15) is 4.90 Å². The van der Waals surface area contributed by atoms with Gasteiger partial charge in [0.25, 0.3) is 5.71 Å². The van der Waals surface area contributed by atoms with Gasteiger partial charge in [-0.3, -0.25) is 10.4 Å². The summed E-state index contributed by atoms with van der Waals surface area (Å²) in [6.07, 6.45) is 1.33. The Kier molecular flexibility index (Phi) is 6.34. The lowest BCUT2D eigenvalue weighted by Crippen LogP contribution is -2.14. The van der Waals surface area contributed by atoms with Crippen LogP contribution in [0.2, 0.25) is 0 Å². The Morgan fingerprint density at radius 1 is 0.824 bits per heavy atom. The lowest BCUT2D eigenvalue weighted by Gasteiger charge is -2.37. The summed E-state index contributed by atoms with van der Waals surface area (Å²) in [6, 6.07) is 20.1. The van der Waals surface area contributed by atoms with E-state index in [0.29, 0.717) is 5.69 Å². The minimum absolute atomic E-state index is 0.0103. The van der Waals surface area contributed by atoms with E-state index in [-0.39, 0.29) is 44.8 Å². The Morgan fingerprint density at radius 2 is 1.47 bits per heavy atom. The minimum Gasteiger partial charge on any atom is -0.769 e. The van der Waals surface area contributed by atoms with Gasteiger partial charge in [0.1, 0.15) is 11.3 Å². The van der Waals surface area contributed by atoms with Crippen molar-refractivity contribution >= 4 is 34.1 Å². The Bertz CT molecular complexity index is 1280. The molecule has 3 N–H and O–H groups in total. The molecule has 0 aliphatic carbocycles. The molecule has 34 heavy (non-hydrogen) atoms. The third-order valence-electron chi connectivity index (χ3n) is 4.92. The highest BCUT2D eigenvalue weighted by atomic mass is 16.8. The van der Waals surface area contributed by atoms with Crippen molar-refractivity contribution in [2.45, 2.75) is 0 Å². The first-order chi connectivity index (χ1) is 16.3. The van der Waals surface area contributed by atoms with E-state index in [1.54, 1.807) is 24.3 Å². The minimum atomic E-state index is -0.624. The van der Waals surface area contributed by atoms with E-state index in [1.807, 2.05) is 6.07 Å². The molecule has 11 heteroatoms. The van der Waals surface area contributed by atoms with E-state index in [2.05, 4.69) is 5.32 Å². The van der Waals surface area contributed by atoms with Crippen LogP contribution in [0.5, 0.6) is 0 Å². The van der Waals surface area contributed by atoms with Crippen LogP contribution in [-0.4, -0.2) is 21.0 Å². The molecule has 3 aromatic rings. The van der Waals surface area contributed by atoms with Crippen molar-refractivity contribution in [1.29, 1.82) is 0 Å². The summed E-state index contributed by atoms with van der Waals surface area (Å²) in [6.45, 7) is 0. The summed E-state index contributed by atoms with van der Waals surface area (Å²) >= 11 is 0.